The quantitative estimate of drug-likeness (QED) is 0.437. The summed E-state index contributed by atoms with van der Waals surface area (Å²) in [6.07, 6.45) is 0. The maximum Gasteiger partial charge on any atom is 0.338 e. The third-order valence-electron chi connectivity index (χ3n) is 4.89. The van der Waals surface area contributed by atoms with Gasteiger partial charge in [0.25, 0.3) is 11.6 Å². The molecule has 1 fully saturated rings. The number of esters is 1. The maximum absolute atomic E-state index is 12.7. The Bertz CT molecular complexity index is 918. The van der Waals surface area contributed by atoms with Crippen LogP contribution < -0.4 is 4.90 Å². The Morgan fingerprint density at radius 3 is 2.24 bits per heavy atom. The van der Waals surface area contributed by atoms with Crippen LogP contribution in [0.3, 0.4) is 0 Å². The van der Waals surface area contributed by atoms with Crippen LogP contribution in [-0.4, -0.2) is 54.5 Å². The monoisotopic (exact) mass is 397 g/mol. The van der Waals surface area contributed by atoms with E-state index < -0.39 is 10.9 Å². The van der Waals surface area contributed by atoms with Gasteiger partial charge in [-0.25, -0.2) is 4.79 Å². The second-order valence-corrected chi connectivity index (χ2v) is 6.83. The van der Waals surface area contributed by atoms with E-state index >= 15 is 0 Å². The Labute approximate surface area is 168 Å². The molecule has 0 bridgehead atoms. The lowest BCUT2D eigenvalue weighted by Gasteiger charge is -2.35. The number of ether oxygens (including phenoxy) is 1. The number of carbonyl (C=O) groups is 2. The molecule has 0 atom stereocenters. The van der Waals surface area contributed by atoms with E-state index in [9.17, 15) is 19.7 Å². The summed E-state index contributed by atoms with van der Waals surface area (Å²) in [5, 5.41) is 11.5. The first-order chi connectivity index (χ1) is 13.9. The molecule has 3 rings (SSSR count). The molecule has 152 valence electrons. The first-order valence-electron chi connectivity index (χ1n) is 9.47. The number of hydrogen-bond donors (Lipinski definition) is 0. The predicted octanol–water partition coefficient (Wildman–Crippen LogP) is 3.04. The highest BCUT2D eigenvalue weighted by molar-refractivity contribution is 5.94. The van der Waals surface area contributed by atoms with Gasteiger partial charge in [0.2, 0.25) is 0 Å². The predicted molar refractivity (Wildman–Crippen MR) is 108 cm³/mol. The van der Waals surface area contributed by atoms with Crippen molar-refractivity contribution in [1.29, 1.82) is 0 Å². The van der Waals surface area contributed by atoms with Crippen LogP contribution in [0.5, 0.6) is 0 Å². The van der Waals surface area contributed by atoms with Crippen molar-refractivity contribution in [2.24, 2.45) is 0 Å². The Kier molecular flexibility index (Phi) is 6.11. The van der Waals surface area contributed by atoms with Crippen molar-refractivity contribution in [1.82, 2.24) is 4.90 Å². The topological polar surface area (TPSA) is 93.0 Å². The van der Waals surface area contributed by atoms with Gasteiger partial charge < -0.3 is 14.5 Å². The lowest BCUT2D eigenvalue weighted by Crippen LogP contribution is -2.49. The summed E-state index contributed by atoms with van der Waals surface area (Å²) in [4.78, 5) is 39.2. The normalized spacial score (nSPS) is 13.9. The Balaban J connectivity index is 1.73. The Morgan fingerprint density at radius 2 is 1.66 bits per heavy atom. The fourth-order valence-corrected chi connectivity index (χ4v) is 3.31. The van der Waals surface area contributed by atoms with Gasteiger partial charge in [-0.15, -0.1) is 0 Å². The van der Waals surface area contributed by atoms with Crippen molar-refractivity contribution in [2.75, 3.05) is 37.7 Å². The molecule has 1 aliphatic heterocycles. The molecule has 8 nitrogen and oxygen atoms in total. The van der Waals surface area contributed by atoms with Crippen molar-refractivity contribution in [3.8, 4) is 0 Å². The summed E-state index contributed by atoms with van der Waals surface area (Å²) in [5.74, 6) is -0.632. The second-order valence-electron chi connectivity index (χ2n) is 6.83. The molecule has 1 saturated heterocycles. The third-order valence-corrected chi connectivity index (χ3v) is 4.89. The molecule has 0 radical (unpaired) electrons. The number of rotatable bonds is 5. The number of anilines is 1. The summed E-state index contributed by atoms with van der Waals surface area (Å²) < 4.78 is 4.92. The van der Waals surface area contributed by atoms with Gasteiger partial charge in [0.1, 0.15) is 5.69 Å². The van der Waals surface area contributed by atoms with E-state index in [1.807, 2.05) is 36.1 Å². The number of amides is 1. The first-order valence-corrected chi connectivity index (χ1v) is 9.47. The van der Waals surface area contributed by atoms with Gasteiger partial charge in [0, 0.05) is 37.8 Å². The van der Waals surface area contributed by atoms with Gasteiger partial charge in [0.15, 0.2) is 0 Å². The molecule has 1 aliphatic rings. The number of nitrogens with zero attached hydrogens (tertiary/aromatic N) is 3. The van der Waals surface area contributed by atoms with Crippen LogP contribution in [-0.2, 0) is 4.74 Å². The van der Waals surface area contributed by atoms with E-state index in [4.69, 9.17) is 4.74 Å². The number of nitro benzene ring substituents is 1. The summed E-state index contributed by atoms with van der Waals surface area (Å²) in [7, 11) is 0. The zero-order valence-corrected chi connectivity index (χ0v) is 16.5. The minimum Gasteiger partial charge on any atom is -0.462 e. The maximum atomic E-state index is 12.7. The van der Waals surface area contributed by atoms with Gasteiger partial charge in [-0.3, -0.25) is 14.9 Å². The Hall–Kier alpha value is -3.42. The van der Waals surface area contributed by atoms with Crippen LogP contribution in [0.4, 0.5) is 11.4 Å². The average Bonchev–Trinajstić information content (AvgIpc) is 2.73. The molecular formula is C21H23N3O5. The number of nitro groups is 1. The molecule has 0 aliphatic carbocycles. The minimum atomic E-state index is -0.587. The van der Waals surface area contributed by atoms with E-state index in [1.165, 1.54) is 12.1 Å². The molecule has 1 heterocycles. The molecule has 8 heteroatoms. The van der Waals surface area contributed by atoms with E-state index in [0.717, 1.165) is 5.56 Å². The summed E-state index contributed by atoms with van der Waals surface area (Å²) in [5.41, 5.74) is 2.16. The fourth-order valence-electron chi connectivity index (χ4n) is 3.31. The van der Waals surface area contributed by atoms with Gasteiger partial charge in [-0.2, -0.15) is 0 Å². The number of benzene rings is 2. The van der Waals surface area contributed by atoms with Gasteiger partial charge >= 0.3 is 5.97 Å². The molecule has 2 aromatic carbocycles. The Morgan fingerprint density at radius 1 is 1.03 bits per heavy atom. The van der Waals surface area contributed by atoms with E-state index in [0.29, 0.717) is 37.4 Å². The van der Waals surface area contributed by atoms with Gasteiger partial charge in [-0.05, 0) is 38.1 Å². The highest BCUT2D eigenvalue weighted by Gasteiger charge is 2.27. The highest BCUT2D eigenvalue weighted by Crippen LogP contribution is 2.30. The average molecular weight is 397 g/mol. The van der Waals surface area contributed by atoms with E-state index in [-0.39, 0.29) is 23.8 Å². The standard InChI is InChI=1S/C21H23N3O5/c1-3-29-21(26)17-8-9-18(19(14-17)24(27)28)22-10-12-23(13-11-22)20(25)16-6-4-15(2)5-7-16/h4-9,14H,3,10-13H2,1-2H3. The number of hydrogen-bond acceptors (Lipinski definition) is 6. The van der Waals surface area contributed by atoms with Crippen molar-refractivity contribution >= 4 is 23.3 Å². The van der Waals surface area contributed by atoms with Crippen molar-refractivity contribution < 1.29 is 19.2 Å². The molecule has 1 amide bonds. The second kappa shape index (κ2) is 8.72. The lowest BCUT2D eigenvalue weighted by molar-refractivity contribution is -0.384. The zero-order chi connectivity index (χ0) is 21.0. The third kappa shape index (κ3) is 4.53. The summed E-state index contributed by atoms with van der Waals surface area (Å²) >= 11 is 0. The fraction of sp³-hybridized carbons (Fsp3) is 0.333. The van der Waals surface area contributed by atoms with Gasteiger partial charge in [-0.1, -0.05) is 17.7 Å². The van der Waals surface area contributed by atoms with Crippen molar-refractivity contribution in [2.45, 2.75) is 13.8 Å². The lowest BCUT2D eigenvalue weighted by atomic mass is 10.1. The molecule has 0 unspecified atom stereocenters. The number of aryl methyl sites for hydroxylation is 1. The van der Waals surface area contributed by atoms with Crippen LogP contribution in [0.25, 0.3) is 0 Å². The molecular weight excluding hydrogens is 374 g/mol. The van der Waals surface area contributed by atoms with Crippen LogP contribution in [0.15, 0.2) is 42.5 Å². The summed E-state index contributed by atoms with van der Waals surface area (Å²) in [6, 6.07) is 11.8. The molecule has 0 aromatic heterocycles. The number of piperazine rings is 1. The van der Waals surface area contributed by atoms with E-state index in [1.54, 1.807) is 17.9 Å². The van der Waals surface area contributed by atoms with Crippen LogP contribution in [0.2, 0.25) is 0 Å². The molecule has 0 saturated carbocycles. The molecule has 2 aromatic rings. The number of carbonyl (C=O) groups excluding carboxylic acids is 2. The van der Waals surface area contributed by atoms with Crippen LogP contribution in [0.1, 0.15) is 33.2 Å². The minimum absolute atomic E-state index is 0.0446. The largest absolute Gasteiger partial charge is 0.462 e. The van der Waals surface area contributed by atoms with Crippen molar-refractivity contribution in [3.05, 3.63) is 69.3 Å². The molecule has 0 N–H and O–H groups in total. The first kappa shape index (κ1) is 20.3. The molecule has 0 spiro atoms. The van der Waals surface area contributed by atoms with Gasteiger partial charge in [0.05, 0.1) is 17.1 Å². The smallest absolute Gasteiger partial charge is 0.338 e. The van der Waals surface area contributed by atoms with Crippen molar-refractivity contribution in [3.63, 3.8) is 0 Å². The highest BCUT2D eigenvalue weighted by atomic mass is 16.6. The SMILES string of the molecule is CCOC(=O)c1ccc(N2CCN(C(=O)c3ccc(C)cc3)CC2)c([N+](=O)[O-])c1. The van der Waals surface area contributed by atoms with E-state index in [2.05, 4.69) is 0 Å². The molecule has 29 heavy (non-hydrogen) atoms. The summed E-state index contributed by atoms with van der Waals surface area (Å²) in [6.45, 7) is 5.71. The van der Waals surface area contributed by atoms with Crippen LogP contribution in [0, 0.1) is 17.0 Å². The zero-order valence-electron chi connectivity index (χ0n) is 16.5. The van der Waals surface area contributed by atoms with Crippen LogP contribution >= 0.6 is 0 Å².